The number of halogens is 1. The molecular weight excluding hydrogens is 386 g/mol. The van der Waals surface area contributed by atoms with Gasteiger partial charge in [0.2, 0.25) is 0 Å². The Morgan fingerprint density at radius 2 is 2.16 bits per heavy atom. The SMILES string of the molecule is COCCn1nc(C(=O)N(Cc2cccc(Br)c2)C2CC2)ccc1=O. The van der Waals surface area contributed by atoms with Gasteiger partial charge >= 0.3 is 0 Å². The zero-order valence-corrected chi connectivity index (χ0v) is 15.6. The number of aromatic nitrogens is 2. The molecule has 1 aliphatic rings. The van der Waals surface area contributed by atoms with Crippen LogP contribution in [0.2, 0.25) is 0 Å². The van der Waals surface area contributed by atoms with Crippen molar-refractivity contribution < 1.29 is 9.53 Å². The van der Waals surface area contributed by atoms with Gasteiger partial charge in [0.05, 0.1) is 13.2 Å². The van der Waals surface area contributed by atoms with Gasteiger partial charge < -0.3 is 9.64 Å². The van der Waals surface area contributed by atoms with Crippen LogP contribution in [0.4, 0.5) is 0 Å². The topological polar surface area (TPSA) is 64.4 Å². The van der Waals surface area contributed by atoms with Gasteiger partial charge in [0.1, 0.15) is 5.69 Å². The first-order valence-corrected chi connectivity index (χ1v) is 9.00. The molecular formula is C18H20BrN3O3. The second-order valence-electron chi connectivity index (χ2n) is 6.07. The van der Waals surface area contributed by atoms with Crippen molar-refractivity contribution in [2.45, 2.75) is 32.0 Å². The molecule has 1 aromatic heterocycles. The Labute approximate surface area is 154 Å². The van der Waals surface area contributed by atoms with Crippen molar-refractivity contribution in [1.29, 1.82) is 0 Å². The van der Waals surface area contributed by atoms with E-state index in [2.05, 4.69) is 21.0 Å². The van der Waals surface area contributed by atoms with Crippen LogP contribution in [-0.4, -0.2) is 40.3 Å². The summed E-state index contributed by atoms with van der Waals surface area (Å²) in [6, 6.07) is 11.1. The molecule has 0 aliphatic heterocycles. The number of amides is 1. The molecule has 1 heterocycles. The number of rotatable bonds is 7. The van der Waals surface area contributed by atoms with Crippen molar-refractivity contribution in [3.8, 4) is 0 Å². The van der Waals surface area contributed by atoms with Crippen molar-refractivity contribution in [2.75, 3.05) is 13.7 Å². The minimum atomic E-state index is -0.237. The number of ether oxygens (including phenoxy) is 1. The molecule has 0 spiro atoms. The molecule has 7 heteroatoms. The van der Waals surface area contributed by atoms with E-state index < -0.39 is 0 Å². The first kappa shape index (κ1) is 17.8. The van der Waals surface area contributed by atoms with E-state index in [4.69, 9.17) is 4.74 Å². The minimum Gasteiger partial charge on any atom is -0.383 e. The zero-order chi connectivity index (χ0) is 17.8. The van der Waals surface area contributed by atoms with Gasteiger partial charge in [-0.05, 0) is 36.6 Å². The first-order chi connectivity index (χ1) is 12.1. The lowest BCUT2D eigenvalue weighted by Gasteiger charge is -2.22. The highest BCUT2D eigenvalue weighted by Gasteiger charge is 2.33. The highest BCUT2D eigenvalue weighted by molar-refractivity contribution is 9.10. The van der Waals surface area contributed by atoms with Crippen molar-refractivity contribution in [3.05, 3.63) is 62.5 Å². The van der Waals surface area contributed by atoms with E-state index in [9.17, 15) is 9.59 Å². The molecule has 0 atom stereocenters. The maximum atomic E-state index is 13.0. The van der Waals surface area contributed by atoms with Gasteiger partial charge in [-0.1, -0.05) is 28.1 Å². The average molecular weight is 406 g/mol. The van der Waals surface area contributed by atoms with E-state index in [-0.39, 0.29) is 23.2 Å². The lowest BCUT2D eigenvalue weighted by Crippen LogP contribution is -2.35. The van der Waals surface area contributed by atoms with Crippen LogP contribution in [0.5, 0.6) is 0 Å². The van der Waals surface area contributed by atoms with Gasteiger partial charge in [0, 0.05) is 30.2 Å². The normalized spacial score (nSPS) is 13.7. The molecule has 6 nitrogen and oxygen atoms in total. The first-order valence-electron chi connectivity index (χ1n) is 8.21. The fourth-order valence-electron chi connectivity index (χ4n) is 2.63. The number of nitrogens with zero attached hydrogens (tertiary/aromatic N) is 3. The number of carbonyl (C=O) groups is 1. The summed E-state index contributed by atoms with van der Waals surface area (Å²) < 4.78 is 7.25. The summed E-state index contributed by atoms with van der Waals surface area (Å²) in [6.07, 6.45) is 2.01. The summed E-state index contributed by atoms with van der Waals surface area (Å²) >= 11 is 3.46. The molecule has 1 saturated carbocycles. The van der Waals surface area contributed by atoms with Gasteiger partial charge in [0.15, 0.2) is 0 Å². The fraction of sp³-hybridized carbons (Fsp3) is 0.389. The number of hydrogen-bond acceptors (Lipinski definition) is 4. The Bertz CT molecular complexity index is 817. The van der Waals surface area contributed by atoms with Crippen LogP contribution in [0.1, 0.15) is 28.9 Å². The number of carbonyl (C=O) groups excluding carboxylic acids is 1. The minimum absolute atomic E-state index is 0.145. The van der Waals surface area contributed by atoms with Crippen LogP contribution in [0.3, 0.4) is 0 Å². The molecule has 1 amide bonds. The largest absolute Gasteiger partial charge is 0.383 e. The molecule has 132 valence electrons. The zero-order valence-electron chi connectivity index (χ0n) is 14.0. The molecule has 25 heavy (non-hydrogen) atoms. The Kier molecular flexibility index (Phi) is 5.65. The van der Waals surface area contributed by atoms with Crippen molar-refractivity contribution in [1.82, 2.24) is 14.7 Å². The molecule has 1 aromatic carbocycles. The average Bonchev–Trinajstić information content (AvgIpc) is 3.43. The third-order valence-corrected chi connectivity index (χ3v) is 4.58. The van der Waals surface area contributed by atoms with Crippen LogP contribution in [0.15, 0.2) is 45.7 Å². The molecule has 0 radical (unpaired) electrons. The molecule has 1 aliphatic carbocycles. The fourth-order valence-corrected chi connectivity index (χ4v) is 3.08. The van der Waals surface area contributed by atoms with E-state index >= 15 is 0 Å². The highest BCUT2D eigenvalue weighted by atomic mass is 79.9. The van der Waals surface area contributed by atoms with Gasteiger partial charge in [-0.25, -0.2) is 4.68 Å². The van der Waals surface area contributed by atoms with E-state index in [1.807, 2.05) is 29.2 Å². The summed E-state index contributed by atoms with van der Waals surface area (Å²) in [5, 5.41) is 4.22. The van der Waals surface area contributed by atoms with Gasteiger partial charge in [-0.15, -0.1) is 0 Å². The lowest BCUT2D eigenvalue weighted by atomic mass is 10.2. The number of benzene rings is 1. The quantitative estimate of drug-likeness (QED) is 0.709. The van der Waals surface area contributed by atoms with Gasteiger partial charge in [0.25, 0.3) is 11.5 Å². The summed E-state index contributed by atoms with van der Waals surface area (Å²) in [5.74, 6) is -0.145. The van der Waals surface area contributed by atoms with Crippen LogP contribution in [-0.2, 0) is 17.8 Å². The maximum Gasteiger partial charge on any atom is 0.274 e. The molecule has 3 rings (SSSR count). The Balaban J connectivity index is 1.82. The monoisotopic (exact) mass is 405 g/mol. The summed E-state index contributed by atoms with van der Waals surface area (Å²) in [5.41, 5.74) is 1.11. The van der Waals surface area contributed by atoms with Crippen molar-refractivity contribution >= 4 is 21.8 Å². The van der Waals surface area contributed by atoms with E-state index in [0.29, 0.717) is 19.7 Å². The summed E-state index contributed by atoms with van der Waals surface area (Å²) in [7, 11) is 1.56. The third kappa shape index (κ3) is 4.55. The predicted octanol–water partition coefficient (Wildman–Crippen LogP) is 2.46. The lowest BCUT2D eigenvalue weighted by molar-refractivity contribution is 0.0720. The van der Waals surface area contributed by atoms with E-state index in [1.54, 1.807) is 7.11 Å². The maximum absolute atomic E-state index is 13.0. The Morgan fingerprint density at radius 3 is 2.84 bits per heavy atom. The van der Waals surface area contributed by atoms with Crippen LogP contribution in [0, 0.1) is 0 Å². The third-order valence-electron chi connectivity index (χ3n) is 4.08. The van der Waals surface area contributed by atoms with Crippen molar-refractivity contribution in [3.63, 3.8) is 0 Å². The Morgan fingerprint density at radius 1 is 1.36 bits per heavy atom. The standard InChI is InChI=1S/C18H20BrN3O3/c1-25-10-9-22-17(23)8-7-16(20-22)18(24)21(15-5-6-15)12-13-3-2-4-14(19)11-13/h2-4,7-8,11,15H,5-6,9-10,12H2,1H3. The van der Waals surface area contributed by atoms with Crippen LogP contribution in [0.25, 0.3) is 0 Å². The molecule has 0 saturated heterocycles. The predicted molar refractivity (Wildman–Crippen MR) is 97.4 cm³/mol. The molecule has 0 bridgehead atoms. The van der Waals surface area contributed by atoms with Crippen molar-refractivity contribution in [2.24, 2.45) is 0 Å². The number of methoxy groups -OCH3 is 1. The number of hydrogen-bond donors (Lipinski definition) is 0. The van der Waals surface area contributed by atoms with Gasteiger partial charge in [-0.3, -0.25) is 9.59 Å². The van der Waals surface area contributed by atoms with E-state index in [1.165, 1.54) is 16.8 Å². The molecule has 2 aromatic rings. The van der Waals surface area contributed by atoms with E-state index in [0.717, 1.165) is 22.9 Å². The molecule has 0 N–H and O–H groups in total. The molecule has 0 unspecified atom stereocenters. The second kappa shape index (κ2) is 7.93. The summed E-state index contributed by atoms with van der Waals surface area (Å²) in [4.78, 5) is 26.7. The van der Waals surface area contributed by atoms with Crippen LogP contribution < -0.4 is 5.56 Å². The van der Waals surface area contributed by atoms with Crippen LogP contribution >= 0.6 is 15.9 Å². The smallest absolute Gasteiger partial charge is 0.274 e. The molecule has 1 fully saturated rings. The Hall–Kier alpha value is -1.99. The highest BCUT2D eigenvalue weighted by Crippen LogP contribution is 2.29. The summed E-state index contributed by atoms with van der Waals surface area (Å²) in [6.45, 7) is 1.22. The second-order valence-corrected chi connectivity index (χ2v) is 6.98. The van der Waals surface area contributed by atoms with Gasteiger partial charge in [-0.2, -0.15) is 5.10 Å².